The number of benzene rings is 2. The van der Waals surface area contributed by atoms with E-state index >= 15 is 0 Å². The summed E-state index contributed by atoms with van der Waals surface area (Å²) >= 11 is 16.1. The third kappa shape index (κ3) is 5.79. The van der Waals surface area contributed by atoms with Gasteiger partial charge in [0.1, 0.15) is 5.82 Å². The molecule has 0 aliphatic heterocycles. The number of rotatable bonds is 8. The molecule has 0 N–H and O–H groups in total. The van der Waals surface area contributed by atoms with Gasteiger partial charge in [-0.25, -0.2) is 9.78 Å². The highest BCUT2D eigenvalue weighted by Crippen LogP contribution is 2.34. The molecule has 0 saturated carbocycles. The van der Waals surface area contributed by atoms with Crippen LogP contribution in [0.3, 0.4) is 0 Å². The van der Waals surface area contributed by atoms with Gasteiger partial charge in [0.05, 0.1) is 33.8 Å². The van der Waals surface area contributed by atoms with E-state index in [4.69, 9.17) is 32.7 Å². The van der Waals surface area contributed by atoms with Crippen LogP contribution >= 0.6 is 39.1 Å². The van der Waals surface area contributed by atoms with E-state index in [-0.39, 0.29) is 33.9 Å². The molecule has 2 atom stereocenters. The Balaban J connectivity index is 2.00. The lowest BCUT2D eigenvalue weighted by Crippen LogP contribution is -2.26. The molecule has 1 heterocycles. The lowest BCUT2D eigenvalue weighted by molar-refractivity contribution is -0.150. The van der Waals surface area contributed by atoms with Crippen molar-refractivity contribution < 1.29 is 14.3 Å². The van der Waals surface area contributed by atoms with Crippen molar-refractivity contribution in [2.75, 3.05) is 6.61 Å². The molecular weight excluding hydrogens is 545 g/mol. The average Bonchev–Trinajstić information content (AvgIpc) is 2.80. The van der Waals surface area contributed by atoms with E-state index < -0.39 is 12.1 Å². The number of nitrogens with zero attached hydrogens (tertiary/aromatic N) is 3. The van der Waals surface area contributed by atoms with Crippen LogP contribution in [0.1, 0.15) is 51.4 Å². The molecule has 10 heteroatoms. The maximum Gasteiger partial charge on any atom is 0.347 e. The van der Waals surface area contributed by atoms with Gasteiger partial charge in [-0.2, -0.15) is 9.78 Å². The summed E-state index contributed by atoms with van der Waals surface area (Å²) in [7, 11) is 0. The number of hydrogen-bond acceptors (Lipinski definition) is 6. The van der Waals surface area contributed by atoms with Crippen molar-refractivity contribution in [3.05, 3.63) is 66.6 Å². The Morgan fingerprint density at radius 3 is 2.50 bits per heavy atom. The molecule has 0 bridgehead atoms. The number of hydrogen-bond donors (Lipinski definition) is 0. The molecule has 0 aliphatic carbocycles. The predicted octanol–water partition coefficient (Wildman–Crippen LogP) is 6.19. The standard InChI is InChI=1S/C24H24BrCl2N3O4/c1-5-13(3)22-29-20-8-7-16(25)11-17(20)23(31)30(22)28-12-15-9-18(26)21(19(27)10-15)34-14(4)24(32)33-6-2/h7-14H,5-6H2,1-4H3/t13-,14-/m0/s1. The van der Waals surface area contributed by atoms with Crippen LogP contribution < -0.4 is 10.3 Å². The molecule has 3 aromatic rings. The average molecular weight is 569 g/mol. The van der Waals surface area contributed by atoms with Gasteiger partial charge in [0, 0.05) is 10.4 Å². The molecule has 2 aromatic carbocycles. The maximum absolute atomic E-state index is 13.2. The monoisotopic (exact) mass is 567 g/mol. The second-order valence-electron chi connectivity index (χ2n) is 7.63. The van der Waals surface area contributed by atoms with E-state index in [2.05, 4.69) is 26.0 Å². The second kappa shape index (κ2) is 11.3. The van der Waals surface area contributed by atoms with Crippen LogP contribution in [0.4, 0.5) is 0 Å². The molecule has 0 fully saturated rings. The maximum atomic E-state index is 13.2. The van der Waals surface area contributed by atoms with Crippen molar-refractivity contribution in [3.8, 4) is 5.75 Å². The van der Waals surface area contributed by atoms with Gasteiger partial charge in [-0.3, -0.25) is 4.79 Å². The second-order valence-corrected chi connectivity index (χ2v) is 9.36. The number of halogens is 3. The largest absolute Gasteiger partial charge is 0.476 e. The first kappa shape index (κ1) is 26.2. The van der Waals surface area contributed by atoms with Crippen LogP contribution in [0.5, 0.6) is 5.75 Å². The molecule has 0 aliphatic rings. The Hall–Kier alpha value is -2.42. The molecule has 0 amide bonds. The molecule has 34 heavy (non-hydrogen) atoms. The summed E-state index contributed by atoms with van der Waals surface area (Å²) in [6.45, 7) is 7.51. The van der Waals surface area contributed by atoms with Gasteiger partial charge >= 0.3 is 5.97 Å². The fourth-order valence-corrected chi connectivity index (χ4v) is 4.11. The first-order chi connectivity index (χ1) is 16.2. The van der Waals surface area contributed by atoms with E-state index in [1.807, 2.05) is 19.9 Å². The smallest absolute Gasteiger partial charge is 0.347 e. The Kier molecular flexibility index (Phi) is 8.73. The molecule has 180 valence electrons. The quantitative estimate of drug-likeness (QED) is 0.239. The van der Waals surface area contributed by atoms with Crippen LogP contribution in [-0.2, 0) is 9.53 Å². The van der Waals surface area contributed by atoms with E-state index in [0.717, 1.165) is 10.9 Å². The molecule has 0 radical (unpaired) electrons. The van der Waals surface area contributed by atoms with Crippen molar-refractivity contribution in [2.45, 2.75) is 46.1 Å². The highest BCUT2D eigenvalue weighted by molar-refractivity contribution is 9.10. The highest BCUT2D eigenvalue weighted by Gasteiger charge is 2.20. The van der Waals surface area contributed by atoms with Crippen molar-refractivity contribution in [2.24, 2.45) is 5.10 Å². The van der Waals surface area contributed by atoms with Gasteiger partial charge in [-0.1, -0.05) is 53.0 Å². The molecular formula is C24H24BrCl2N3O4. The van der Waals surface area contributed by atoms with Crippen molar-refractivity contribution in [1.82, 2.24) is 9.66 Å². The molecule has 0 saturated heterocycles. The van der Waals surface area contributed by atoms with E-state index in [1.54, 1.807) is 38.1 Å². The summed E-state index contributed by atoms with van der Waals surface area (Å²) in [5, 5.41) is 5.26. The van der Waals surface area contributed by atoms with Crippen molar-refractivity contribution >= 4 is 62.2 Å². The number of aromatic nitrogens is 2. The SMILES string of the molecule is CCOC(=O)[C@H](C)Oc1c(Cl)cc(C=Nn2c([C@@H](C)CC)nc3ccc(Br)cc3c2=O)cc1Cl. The van der Waals surface area contributed by atoms with Gasteiger partial charge in [0.15, 0.2) is 11.9 Å². The van der Waals surface area contributed by atoms with Crippen LogP contribution in [0.15, 0.2) is 44.7 Å². The lowest BCUT2D eigenvalue weighted by atomic mass is 10.1. The Bertz CT molecular complexity index is 1290. The van der Waals surface area contributed by atoms with Crippen molar-refractivity contribution in [1.29, 1.82) is 0 Å². The normalized spacial score (nSPS) is 13.3. The third-order valence-electron chi connectivity index (χ3n) is 5.14. The van der Waals surface area contributed by atoms with Gasteiger partial charge in [0.2, 0.25) is 0 Å². The topological polar surface area (TPSA) is 82.8 Å². The van der Waals surface area contributed by atoms with Crippen LogP contribution in [0.2, 0.25) is 10.0 Å². The highest BCUT2D eigenvalue weighted by atomic mass is 79.9. The minimum Gasteiger partial charge on any atom is -0.476 e. The van der Waals surface area contributed by atoms with Gasteiger partial charge < -0.3 is 9.47 Å². The fourth-order valence-electron chi connectivity index (χ4n) is 3.15. The van der Waals surface area contributed by atoms with Gasteiger partial charge in [-0.15, -0.1) is 0 Å². The van der Waals surface area contributed by atoms with E-state index in [1.165, 1.54) is 10.9 Å². The summed E-state index contributed by atoms with van der Waals surface area (Å²) in [6.07, 6.45) is 1.38. The zero-order chi connectivity index (χ0) is 25.0. The first-order valence-electron chi connectivity index (χ1n) is 10.7. The number of esters is 1. The molecule has 0 unspecified atom stereocenters. The van der Waals surface area contributed by atoms with Gasteiger partial charge in [-0.05, 0) is 56.2 Å². The minimum atomic E-state index is -0.880. The van der Waals surface area contributed by atoms with Gasteiger partial charge in [0.25, 0.3) is 5.56 Å². The minimum absolute atomic E-state index is 0.00483. The molecule has 7 nitrogen and oxygen atoms in total. The Morgan fingerprint density at radius 2 is 1.88 bits per heavy atom. The number of ether oxygens (including phenoxy) is 2. The number of carbonyl (C=O) groups excluding carboxylic acids is 1. The first-order valence-corrected chi connectivity index (χ1v) is 12.3. The third-order valence-corrected chi connectivity index (χ3v) is 6.20. The van der Waals surface area contributed by atoms with Crippen LogP contribution in [-0.4, -0.2) is 34.6 Å². The Morgan fingerprint density at radius 1 is 1.21 bits per heavy atom. The number of fused-ring (bicyclic) bond motifs is 1. The van der Waals surface area contributed by atoms with E-state index in [0.29, 0.717) is 22.3 Å². The van der Waals surface area contributed by atoms with Crippen molar-refractivity contribution in [3.63, 3.8) is 0 Å². The summed E-state index contributed by atoms with van der Waals surface area (Å²) in [6, 6.07) is 8.55. The Labute approximate surface area is 215 Å². The van der Waals surface area contributed by atoms with E-state index in [9.17, 15) is 9.59 Å². The van der Waals surface area contributed by atoms with Crippen LogP contribution in [0, 0.1) is 0 Å². The fraction of sp³-hybridized carbons (Fsp3) is 0.333. The summed E-state index contributed by atoms with van der Waals surface area (Å²) in [5.74, 6) is 0.201. The molecule has 0 spiro atoms. The number of carbonyl (C=O) groups is 1. The summed E-state index contributed by atoms with van der Waals surface area (Å²) in [5.41, 5.74) is 0.874. The lowest BCUT2D eigenvalue weighted by Gasteiger charge is -2.16. The zero-order valence-electron chi connectivity index (χ0n) is 19.1. The summed E-state index contributed by atoms with van der Waals surface area (Å²) < 4.78 is 12.6. The zero-order valence-corrected chi connectivity index (χ0v) is 22.2. The predicted molar refractivity (Wildman–Crippen MR) is 139 cm³/mol. The van der Waals surface area contributed by atoms with Crippen LogP contribution in [0.25, 0.3) is 10.9 Å². The molecule has 3 rings (SSSR count). The molecule has 1 aromatic heterocycles. The summed E-state index contributed by atoms with van der Waals surface area (Å²) in [4.78, 5) is 29.8.